The maximum Gasteiger partial charge on any atom is 0.192 e. The number of thioether (sulfide) groups is 1. The van der Waals surface area contributed by atoms with Gasteiger partial charge in [0, 0.05) is 33.5 Å². The van der Waals surface area contributed by atoms with E-state index < -0.39 is 0 Å². The number of nitrogens with zero attached hydrogens (tertiary/aromatic N) is 3. The lowest BCUT2D eigenvalue weighted by Crippen LogP contribution is -2.01. The molecular formula is C18H13Cl3FN3S. The van der Waals surface area contributed by atoms with Crippen LogP contribution in [0.25, 0.3) is 11.4 Å². The highest BCUT2D eigenvalue weighted by Crippen LogP contribution is 2.33. The van der Waals surface area contributed by atoms with Crippen LogP contribution in [0.5, 0.6) is 0 Å². The molecule has 8 heteroatoms. The molecule has 0 N–H and O–H groups in total. The number of hydrogen-bond acceptors (Lipinski definition) is 3. The van der Waals surface area contributed by atoms with Gasteiger partial charge in [-0.25, -0.2) is 4.39 Å². The predicted molar refractivity (Wildman–Crippen MR) is 107 cm³/mol. The number of halogens is 4. The molecule has 3 aromatic rings. The van der Waals surface area contributed by atoms with Gasteiger partial charge in [0.05, 0.1) is 5.02 Å². The SMILES string of the molecule is C=CCn1c(SCc2c(F)cccc2Cl)nnc1-c1ccc(Cl)cc1Cl. The summed E-state index contributed by atoms with van der Waals surface area (Å²) in [6.45, 7) is 4.25. The molecule has 0 atom stereocenters. The molecule has 2 aromatic carbocycles. The smallest absolute Gasteiger partial charge is 0.192 e. The summed E-state index contributed by atoms with van der Waals surface area (Å²) in [7, 11) is 0. The second kappa shape index (κ2) is 8.44. The van der Waals surface area contributed by atoms with Crippen molar-refractivity contribution in [2.45, 2.75) is 17.5 Å². The van der Waals surface area contributed by atoms with Gasteiger partial charge in [0.15, 0.2) is 11.0 Å². The number of allylic oxidation sites excluding steroid dienone is 1. The van der Waals surface area contributed by atoms with Crippen LogP contribution in [0.2, 0.25) is 15.1 Å². The fraction of sp³-hybridized carbons (Fsp3) is 0.111. The molecule has 3 rings (SSSR count). The average molecular weight is 429 g/mol. The Labute approximate surface area is 169 Å². The average Bonchev–Trinajstić information content (AvgIpc) is 2.97. The van der Waals surface area contributed by atoms with Crippen molar-refractivity contribution >= 4 is 46.6 Å². The van der Waals surface area contributed by atoms with E-state index in [0.29, 0.717) is 49.5 Å². The maximum atomic E-state index is 14.0. The van der Waals surface area contributed by atoms with Crippen molar-refractivity contribution in [3.05, 3.63) is 75.5 Å². The zero-order valence-electron chi connectivity index (χ0n) is 13.4. The fourth-order valence-corrected chi connectivity index (χ4v) is 4.15. The van der Waals surface area contributed by atoms with Crippen molar-refractivity contribution < 1.29 is 4.39 Å². The quantitative estimate of drug-likeness (QED) is 0.330. The van der Waals surface area contributed by atoms with Gasteiger partial charge in [0.2, 0.25) is 0 Å². The first-order valence-electron chi connectivity index (χ1n) is 7.56. The molecular weight excluding hydrogens is 416 g/mol. The van der Waals surface area contributed by atoms with Crippen LogP contribution in [0.3, 0.4) is 0 Å². The molecule has 0 aliphatic rings. The van der Waals surface area contributed by atoms with Gasteiger partial charge < -0.3 is 0 Å². The first kappa shape index (κ1) is 19.2. The van der Waals surface area contributed by atoms with Crippen LogP contribution in [-0.4, -0.2) is 14.8 Å². The lowest BCUT2D eigenvalue weighted by atomic mass is 10.2. The van der Waals surface area contributed by atoms with Gasteiger partial charge in [0.1, 0.15) is 5.82 Å². The molecule has 0 unspecified atom stereocenters. The maximum absolute atomic E-state index is 14.0. The molecule has 0 amide bonds. The van der Waals surface area contributed by atoms with Gasteiger partial charge in [-0.15, -0.1) is 16.8 Å². The van der Waals surface area contributed by atoms with Crippen LogP contribution < -0.4 is 0 Å². The zero-order valence-corrected chi connectivity index (χ0v) is 16.5. The highest BCUT2D eigenvalue weighted by atomic mass is 35.5. The molecule has 1 aromatic heterocycles. The van der Waals surface area contributed by atoms with Crippen molar-refractivity contribution in [3.63, 3.8) is 0 Å². The summed E-state index contributed by atoms with van der Waals surface area (Å²) < 4.78 is 15.8. The molecule has 0 radical (unpaired) electrons. The number of benzene rings is 2. The summed E-state index contributed by atoms with van der Waals surface area (Å²) >= 11 is 19.7. The Hall–Kier alpha value is -1.53. The molecule has 26 heavy (non-hydrogen) atoms. The Morgan fingerprint density at radius 3 is 2.62 bits per heavy atom. The Morgan fingerprint density at radius 2 is 1.92 bits per heavy atom. The van der Waals surface area contributed by atoms with E-state index in [4.69, 9.17) is 34.8 Å². The molecule has 1 heterocycles. The van der Waals surface area contributed by atoms with Crippen molar-refractivity contribution in [3.8, 4) is 11.4 Å². The number of hydrogen-bond donors (Lipinski definition) is 0. The lowest BCUT2D eigenvalue weighted by Gasteiger charge is -2.10. The van der Waals surface area contributed by atoms with E-state index in [9.17, 15) is 4.39 Å². The fourth-order valence-electron chi connectivity index (χ4n) is 2.37. The van der Waals surface area contributed by atoms with Gasteiger partial charge >= 0.3 is 0 Å². The monoisotopic (exact) mass is 427 g/mol. The van der Waals surface area contributed by atoms with Crippen molar-refractivity contribution in [1.82, 2.24) is 14.8 Å². The van der Waals surface area contributed by atoms with Crippen LogP contribution in [0.15, 0.2) is 54.2 Å². The van der Waals surface area contributed by atoms with Crippen molar-refractivity contribution in [2.24, 2.45) is 0 Å². The third-order valence-electron chi connectivity index (χ3n) is 3.61. The van der Waals surface area contributed by atoms with E-state index in [-0.39, 0.29) is 5.82 Å². The summed E-state index contributed by atoms with van der Waals surface area (Å²) in [5.74, 6) is 0.573. The normalized spacial score (nSPS) is 10.9. The molecule has 0 fully saturated rings. The Morgan fingerprint density at radius 1 is 1.12 bits per heavy atom. The third-order valence-corrected chi connectivity index (χ3v) is 5.50. The first-order valence-corrected chi connectivity index (χ1v) is 9.68. The molecule has 3 nitrogen and oxygen atoms in total. The van der Waals surface area contributed by atoms with Gasteiger partial charge in [-0.3, -0.25) is 4.57 Å². The summed E-state index contributed by atoms with van der Waals surface area (Å²) in [6, 6.07) is 9.80. The summed E-state index contributed by atoms with van der Waals surface area (Å²) in [5.41, 5.74) is 1.14. The summed E-state index contributed by atoms with van der Waals surface area (Å²) in [6.07, 6.45) is 1.73. The summed E-state index contributed by atoms with van der Waals surface area (Å²) in [5, 5.41) is 10.5. The minimum Gasteiger partial charge on any atom is -0.298 e. The Kier molecular flexibility index (Phi) is 6.24. The van der Waals surface area contributed by atoms with Gasteiger partial charge in [-0.2, -0.15) is 0 Å². The topological polar surface area (TPSA) is 30.7 Å². The van der Waals surface area contributed by atoms with Crippen molar-refractivity contribution in [2.75, 3.05) is 0 Å². The molecule has 134 valence electrons. The zero-order chi connectivity index (χ0) is 18.7. The van der Waals surface area contributed by atoms with Crippen LogP contribution in [0.4, 0.5) is 4.39 Å². The van der Waals surface area contributed by atoms with E-state index in [1.54, 1.807) is 36.4 Å². The molecule has 0 aliphatic heterocycles. The van der Waals surface area contributed by atoms with Crippen LogP contribution in [0, 0.1) is 5.82 Å². The highest BCUT2D eigenvalue weighted by Gasteiger charge is 2.17. The van der Waals surface area contributed by atoms with E-state index in [1.165, 1.54) is 17.8 Å². The van der Waals surface area contributed by atoms with Gasteiger partial charge in [-0.05, 0) is 30.3 Å². The van der Waals surface area contributed by atoms with Gasteiger partial charge in [-0.1, -0.05) is 58.7 Å². The van der Waals surface area contributed by atoms with Crippen molar-refractivity contribution in [1.29, 1.82) is 0 Å². The van der Waals surface area contributed by atoms with E-state index in [1.807, 2.05) is 4.57 Å². The van der Waals surface area contributed by atoms with Crippen LogP contribution in [0.1, 0.15) is 5.56 Å². The van der Waals surface area contributed by atoms with E-state index in [0.717, 1.165) is 0 Å². The Balaban J connectivity index is 1.93. The minimum atomic E-state index is -0.347. The first-order chi connectivity index (χ1) is 12.5. The van der Waals surface area contributed by atoms with Crippen LogP contribution >= 0.6 is 46.6 Å². The molecule has 0 bridgehead atoms. The number of rotatable bonds is 6. The second-order valence-electron chi connectivity index (χ2n) is 5.32. The van der Waals surface area contributed by atoms with Crippen LogP contribution in [-0.2, 0) is 12.3 Å². The standard InChI is InChI=1S/C18H13Cl3FN3S/c1-2-8-25-17(12-7-6-11(19)9-15(12)21)23-24-18(25)26-10-13-14(20)4-3-5-16(13)22/h2-7,9H,1,8,10H2. The Bertz CT molecular complexity index is 939. The highest BCUT2D eigenvalue weighted by molar-refractivity contribution is 7.98. The summed E-state index contributed by atoms with van der Waals surface area (Å²) in [4.78, 5) is 0. The molecule has 0 saturated heterocycles. The lowest BCUT2D eigenvalue weighted by molar-refractivity contribution is 0.617. The molecule has 0 spiro atoms. The largest absolute Gasteiger partial charge is 0.298 e. The third kappa shape index (κ3) is 4.07. The minimum absolute atomic E-state index is 0.329. The van der Waals surface area contributed by atoms with E-state index >= 15 is 0 Å². The predicted octanol–water partition coefficient (Wildman–Crippen LogP) is 6.52. The molecule has 0 aliphatic carbocycles. The molecule has 0 saturated carbocycles. The number of aromatic nitrogens is 3. The van der Waals surface area contributed by atoms with E-state index in [2.05, 4.69) is 16.8 Å². The second-order valence-corrected chi connectivity index (χ2v) is 7.51. The van der Waals surface area contributed by atoms with Gasteiger partial charge in [0.25, 0.3) is 0 Å².